The molecule has 2 unspecified atom stereocenters. The molecule has 0 saturated heterocycles. The van der Waals surface area contributed by atoms with Crippen LogP contribution in [0.2, 0.25) is 0 Å². The van der Waals surface area contributed by atoms with Gasteiger partial charge in [0.2, 0.25) is 15.9 Å². The van der Waals surface area contributed by atoms with E-state index >= 15 is 0 Å². The monoisotopic (exact) mass is 306 g/mol. The molecule has 1 aliphatic carbocycles. The maximum atomic E-state index is 11.9. The Kier molecular flexibility index (Phi) is 6.41. The Hall–Kier alpha value is -1.15. The highest BCUT2D eigenvalue weighted by Crippen LogP contribution is 2.29. The predicted molar refractivity (Wildman–Crippen MR) is 73.6 cm³/mol. The second-order valence-electron chi connectivity index (χ2n) is 5.21. The summed E-state index contributed by atoms with van der Waals surface area (Å²) >= 11 is 0. The van der Waals surface area contributed by atoms with Gasteiger partial charge in [-0.15, -0.1) is 0 Å². The van der Waals surface area contributed by atoms with Crippen LogP contribution in [-0.2, 0) is 19.6 Å². The van der Waals surface area contributed by atoms with E-state index in [-0.39, 0.29) is 18.4 Å². The van der Waals surface area contributed by atoms with Gasteiger partial charge in [0.15, 0.2) is 0 Å². The van der Waals surface area contributed by atoms with Crippen molar-refractivity contribution in [2.75, 3.05) is 19.3 Å². The number of nitrogens with one attached hydrogen (secondary N) is 2. The number of sulfonamides is 1. The summed E-state index contributed by atoms with van der Waals surface area (Å²) < 4.78 is 24.0. The molecular formula is C12H22N2O5S. The van der Waals surface area contributed by atoms with Crippen molar-refractivity contribution in [2.24, 2.45) is 11.8 Å². The summed E-state index contributed by atoms with van der Waals surface area (Å²) in [6.45, 7) is 0.664. The van der Waals surface area contributed by atoms with Gasteiger partial charge in [0.05, 0.1) is 12.2 Å². The molecule has 0 aliphatic heterocycles. The molecule has 116 valence electrons. The second-order valence-corrected chi connectivity index (χ2v) is 7.04. The third-order valence-electron chi connectivity index (χ3n) is 3.41. The smallest absolute Gasteiger partial charge is 0.306 e. The van der Waals surface area contributed by atoms with Gasteiger partial charge in [-0.05, 0) is 25.7 Å². The highest BCUT2D eigenvalue weighted by Gasteiger charge is 2.30. The number of carbonyl (C=O) groups is 2. The first-order chi connectivity index (χ1) is 9.29. The standard InChI is InChI=1S/C12H22N2O5S/c1-20(18,19)14-7-3-6-13-11(15)9-4-2-5-10(8-9)12(16)17/h9-10,14H,2-8H2,1H3,(H,13,15)(H,16,17). The number of carboxylic acids is 1. The molecule has 0 spiro atoms. The first-order valence-electron chi connectivity index (χ1n) is 6.75. The van der Waals surface area contributed by atoms with E-state index in [4.69, 9.17) is 5.11 Å². The van der Waals surface area contributed by atoms with Gasteiger partial charge in [-0.1, -0.05) is 6.42 Å². The Morgan fingerprint density at radius 2 is 1.85 bits per heavy atom. The molecule has 1 aliphatic rings. The highest BCUT2D eigenvalue weighted by molar-refractivity contribution is 7.88. The van der Waals surface area contributed by atoms with Crippen molar-refractivity contribution in [3.63, 3.8) is 0 Å². The lowest BCUT2D eigenvalue weighted by molar-refractivity contribution is -0.144. The number of hydrogen-bond acceptors (Lipinski definition) is 4. The number of hydrogen-bond donors (Lipinski definition) is 3. The van der Waals surface area contributed by atoms with Gasteiger partial charge in [-0.2, -0.15) is 0 Å². The number of rotatable bonds is 7. The quantitative estimate of drug-likeness (QED) is 0.570. The summed E-state index contributed by atoms with van der Waals surface area (Å²) in [5, 5.41) is 11.7. The van der Waals surface area contributed by atoms with Crippen LogP contribution in [0.25, 0.3) is 0 Å². The molecule has 0 aromatic heterocycles. The first-order valence-corrected chi connectivity index (χ1v) is 8.64. The van der Waals surface area contributed by atoms with Crippen LogP contribution < -0.4 is 10.0 Å². The van der Waals surface area contributed by atoms with Gasteiger partial charge in [0.1, 0.15) is 0 Å². The van der Waals surface area contributed by atoms with Crippen molar-refractivity contribution >= 4 is 21.9 Å². The van der Waals surface area contributed by atoms with Crippen LogP contribution in [0.15, 0.2) is 0 Å². The van der Waals surface area contributed by atoms with E-state index in [2.05, 4.69) is 10.0 Å². The summed E-state index contributed by atoms with van der Waals surface area (Å²) in [7, 11) is -3.19. The van der Waals surface area contributed by atoms with Crippen LogP contribution >= 0.6 is 0 Å². The van der Waals surface area contributed by atoms with Gasteiger partial charge in [0, 0.05) is 19.0 Å². The normalized spacial score (nSPS) is 23.2. The lowest BCUT2D eigenvalue weighted by Gasteiger charge is -2.25. The van der Waals surface area contributed by atoms with Crippen molar-refractivity contribution in [2.45, 2.75) is 32.1 Å². The molecule has 1 fully saturated rings. The Morgan fingerprint density at radius 1 is 1.20 bits per heavy atom. The molecular weight excluding hydrogens is 284 g/mol. The lowest BCUT2D eigenvalue weighted by Crippen LogP contribution is -2.36. The molecule has 20 heavy (non-hydrogen) atoms. The predicted octanol–water partition coefficient (Wildman–Crippen LogP) is -0.0671. The molecule has 3 N–H and O–H groups in total. The molecule has 0 heterocycles. The van der Waals surface area contributed by atoms with E-state index in [9.17, 15) is 18.0 Å². The first kappa shape index (κ1) is 16.9. The van der Waals surface area contributed by atoms with Crippen molar-refractivity contribution in [3.05, 3.63) is 0 Å². The fraction of sp³-hybridized carbons (Fsp3) is 0.833. The van der Waals surface area contributed by atoms with Crippen LogP contribution in [0.4, 0.5) is 0 Å². The largest absolute Gasteiger partial charge is 0.481 e. The molecule has 1 amide bonds. The highest BCUT2D eigenvalue weighted by atomic mass is 32.2. The summed E-state index contributed by atoms with van der Waals surface area (Å²) in [4.78, 5) is 22.8. The third kappa shape index (κ3) is 6.33. The number of aliphatic carboxylic acids is 1. The molecule has 0 aromatic carbocycles. The van der Waals surface area contributed by atoms with Crippen molar-refractivity contribution in [1.82, 2.24) is 10.0 Å². The Morgan fingerprint density at radius 3 is 2.45 bits per heavy atom. The maximum absolute atomic E-state index is 11.9. The second kappa shape index (κ2) is 7.58. The Balaban J connectivity index is 2.24. The average Bonchev–Trinajstić information content (AvgIpc) is 2.37. The van der Waals surface area contributed by atoms with E-state index < -0.39 is 21.9 Å². The van der Waals surface area contributed by atoms with Crippen LogP contribution in [0.3, 0.4) is 0 Å². The maximum Gasteiger partial charge on any atom is 0.306 e. The SMILES string of the molecule is CS(=O)(=O)NCCCNC(=O)C1CCCC(C(=O)O)C1. The minimum Gasteiger partial charge on any atom is -0.481 e. The Bertz CT molecular complexity index is 449. The molecule has 7 nitrogen and oxygen atoms in total. The van der Waals surface area contributed by atoms with E-state index in [1.807, 2.05) is 0 Å². The van der Waals surface area contributed by atoms with Crippen molar-refractivity contribution in [1.29, 1.82) is 0 Å². The number of carbonyl (C=O) groups excluding carboxylic acids is 1. The fourth-order valence-corrected chi connectivity index (χ4v) is 2.87. The number of carboxylic acid groups (broad SMARTS) is 1. The summed E-state index contributed by atoms with van der Waals surface area (Å²) in [6.07, 6.45) is 4.09. The minimum absolute atomic E-state index is 0.129. The van der Waals surface area contributed by atoms with E-state index in [0.29, 0.717) is 25.8 Å². The summed E-state index contributed by atoms with van der Waals surface area (Å²) in [5.74, 6) is -1.63. The molecule has 0 radical (unpaired) electrons. The average molecular weight is 306 g/mol. The lowest BCUT2D eigenvalue weighted by atomic mass is 9.81. The van der Waals surface area contributed by atoms with Crippen molar-refractivity contribution in [3.8, 4) is 0 Å². The van der Waals surface area contributed by atoms with Gasteiger partial charge in [-0.3, -0.25) is 9.59 Å². The van der Waals surface area contributed by atoms with Gasteiger partial charge >= 0.3 is 5.97 Å². The van der Waals surface area contributed by atoms with Crippen LogP contribution in [0.5, 0.6) is 0 Å². The molecule has 0 bridgehead atoms. The van der Waals surface area contributed by atoms with Crippen LogP contribution in [0, 0.1) is 11.8 Å². The minimum atomic E-state index is -3.19. The topological polar surface area (TPSA) is 113 Å². The third-order valence-corrected chi connectivity index (χ3v) is 4.14. The summed E-state index contributed by atoms with van der Waals surface area (Å²) in [5.41, 5.74) is 0. The number of amides is 1. The zero-order chi connectivity index (χ0) is 15.2. The molecule has 1 saturated carbocycles. The van der Waals surface area contributed by atoms with Crippen LogP contribution in [-0.4, -0.2) is 44.7 Å². The van der Waals surface area contributed by atoms with Crippen molar-refractivity contribution < 1.29 is 23.1 Å². The van der Waals surface area contributed by atoms with Gasteiger partial charge in [-0.25, -0.2) is 13.1 Å². The zero-order valence-electron chi connectivity index (χ0n) is 11.6. The van der Waals surface area contributed by atoms with E-state index in [1.54, 1.807) is 0 Å². The van der Waals surface area contributed by atoms with E-state index in [1.165, 1.54) is 0 Å². The van der Waals surface area contributed by atoms with Crippen LogP contribution in [0.1, 0.15) is 32.1 Å². The summed E-state index contributed by atoms with van der Waals surface area (Å²) in [6, 6.07) is 0. The van der Waals surface area contributed by atoms with Gasteiger partial charge < -0.3 is 10.4 Å². The molecule has 2 atom stereocenters. The molecule has 0 aromatic rings. The van der Waals surface area contributed by atoms with Gasteiger partial charge in [0.25, 0.3) is 0 Å². The zero-order valence-corrected chi connectivity index (χ0v) is 12.4. The molecule has 8 heteroatoms. The molecule has 1 rings (SSSR count). The Labute approximate surface area is 119 Å². The fourth-order valence-electron chi connectivity index (χ4n) is 2.35. The van der Waals surface area contributed by atoms with E-state index in [0.717, 1.165) is 19.1 Å².